The molecule has 6 nitrogen and oxygen atoms in total. The number of rotatable bonds is 4. The molecule has 1 aliphatic heterocycles. The highest BCUT2D eigenvalue weighted by Crippen LogP contribution is 2.07. The third-order valence-corrected chi connectivity index (χ3v) is 3.35. The molecule has 1 aromatic carbocycles. The molecule has 22 heavy (non-hydrogen) atoms. The van der Waals surface area contributed by atoms with Gasteiger partial charge >= 0.3 is 6.09 Å². The number of carbonyl (C=O) groups excluding carboxylic acids is 1. The number of carbonyl (C=O) groups is 1. The molecule has 1 amide bonds. The van der Waals surface area contributed by atoms with Gasteiger partial charge in [-0.1, -0.05) is 30.3 Å². The molecule has 0 unspecified atom stereocenters. The molecule has 2 aromatic rings. The third kappa shape index (κ3) is 4.22. The van der Waals surface area contributed by atoms with Crippen LogP contribution in [0.2, 0.25) is 0 Å². The molecular weight excluding hydrogens is 304 g/mol. The molecule has 0 fully saturated rings. The van der Waals surface area contributed by atoms with Gasteiger partial charge < -0.3 is 15.4 Å². The lowest BCUT2D eigenvalue weighted by atomic mass is 10.2. The van der Waals surface area contributed by atoms with Gasteiger partial charge in [-0.25, -0.2) is 4.79 Å². The van der Waals surface area contributed by atoms with Crippen LogP contribution >= 0.6 is 12.4 Å². The molecule has 2 N–H and O–H groups in total. The standard InChI is InChI=1S/C15H18N4O2.ClH/c20-15(21-11-12-4-2-1-3-5-12)17-9-13-8-14-10-16-6-7-19(14)18-13;/h1-5,8,16H,6-7,9-11H2,(H,17,20);1H. The van der Waals surface area contributed by atoms with Crippen LogP contribution in [0.1, 0.15) is 17.0 Å². The number of halogens is 1. The lowest BCUT2D eigenvalue weighted by Crippen LogP contribution is -2.28. The molecule has 1 aromatic heterocycles. The van der Waals surface area contributed by atoms with E-state index in [1.165, 1.54) is 0 Å². The molecule has 118 valence electrons. The van der Waals surface area contributed by atoms with Crippen molar-refractivity contribution in [1.82, 2.24) is 20.4 Å². The van der Waals surface area contributed by atoms with Crippen molar-refractivity contribution >= 4 is 18.5 Å². The summed E-state index contributed by atoms with van der Waals surface area (Å²) in [5, 5.41) is 10.5. The Morgan fingerprint density at radius 2 is 2.18 bits per heavy atom. The first kappa shape index (κ1) is 16.3. The summed E-state index contributed by atoms with van der Waals surface area (Å²) >= 11 is 0. The monoisotopic (exact) mass is 322 g/mol. The van der Waals surface area contributed by atoms with E-state index in [1.54, 1.807) is 0 Å². The minimum atomic E-state index is -0.428. The lowest BCUT2D eigenvalue weighted by Gasteiger charge is -2.13. The molecule has 2 heterocycles. The Hall–Kier alpha value is -2.05. The number of ether oxygens (including phenoxy) is 1. The van der Waals surface area contributed by atoms with E-state index in [1.807, 2.05) is 41.1 Å². The van der Waals surface area contributed by atoms with Crippen molar-refractivity contribution in [2.45, 2.75) is 26.2 Å². The maximum atomic E-state index is 11.7. The average Bonchev–Trinajstić information content (AvgIpc) is 2.95. The van der Waals surface area contributed by atoms with Crippen molar-refractivity contribution in [2.75, 3.05) is 6.54 Å². The fraction of sp³-hybridized carbons (Fsp3) is 0.333. The van der Waals surface area contributed by atoms with Crippen LogP contribution in [-0.2, 0) is 31.0 Å². The van der Waals surface area contributed by atoms with Crippen molar-refractivity contribution in [3.63, 3.8) is 0 Å². The van der Waals surface area contributed by atoms with Crippen LogP contribution in [0.4, 0.5) is 4.79 Å². The maximum Gasteiger partial charge on any atom is 0.407 e. The van der Waals surface area contributed by atoms with E-state index in [2.05, 4.69) is 15.7 Å². The summed E-state index contributed by atoms with van der Waals surface area (Å²) in [6.45, 7) is 3.28. The van der Waals surface area contributed by atoms with Gasteiger partial charge in [0.2, 0.25) is 0 Å². The molecule has 0 atom stereocenters. The highest BCUT2D eigenvalue weighted by atomic mass is 35.5. The van der Waals surface area contributed by atoms with Crippen LogP contribution in [0.25, 0.3) is 0 Å². The lowest BCUT2D eigenvalue weighted by molar-refractivity contribution is 0.139. The van der Waals surface area contributed by atoms with Crippen LogP contribution in [0.15, 0.2) is 36.4 Å². The zero-order chi connectivity index (χ0) is 14.5. The Balaban J connectivity index is 0.00000176. The fourth-order valence-electron chi connectivity index (χ4n) is 2.28. The van der Waals surface area contributed by atoms with Gasteiger partial charge in [0.05, 0.1) is 24.5 Å². The van der Waals surface area contributed by atoms with Crippen LogP contribution in [-0.4, -0.2) is 22.4 Å². The first-order valence-electron chi connectivity index (χ1n) is 7.02. The van der Waals surface area contributed by atoms with E-state index in [-0.39, 0.29) is 19.0 Å². The minimum absolute atomic E-state index is 0. The van der Waals surface area contributed by atoms with E-state index in [9.17, 15) is 4.79 Å². The smallest absolute Gasteiger partial charge is 0.407 e. The second-order valence-electron chi connectivity index (χ2n) is 4.94. The molecule has 0 radical (unpaired) electrons. The summed E-state index contributed by atoms with van der Waals surface area (Å²) < 4.78 is 7.13. The van der Waals surface area contributed by atoms with Crippen LogP contribution in [0, 0.1) is 0 Å². The van der Waals surface area contributed by atoms with Gasteiger partial charge in [-0.2, -0.15) is 5.10 Å². The van der Waals surface area contributed by atoms with Crippen molar-refractivity contribution in [2.24, 2.45) is 0 Å². The van der Waals surface area contributed by atoms with Gasteiger partial charge in [-0.05, 0) is 11.6 Å². The van der Waals surface area contributed by atoms with E-state index in [4.69, 9.17) is 4.74 Å². The second kappa shape index (κ2) is 7.82. The molecule has 0 spiro atoms. The highest BCUT2D eigenvalue weighted by Gasteiger charge is 2.12. The summed E-state index contributed by atoms with van der Waals surface area (Å²) in [6, 6.07) is 11.6. The van der Waals surface area contributed by atoms with Gasteiger partial charge in [0.1, 0.15) is 6.61 Å². The van der Waals surface area contributed by atoms with E-state index in [0.717, 1.165) is 36.6 Å². The minimum Gasteiger partial charge on any atom is -0.445 e. The summed E-state index contributed by atoms with van der Waals surface area (Å²) in [5.41, 5.74) is 2.97. The van der Waals surface area contributed by atoms with Crippen molar-refractivity contribution in [3.05, 3.63) is 53.3 Å². The number of hydrogen-bond donors (Lipinski definition) is 2. The Bertz CT molecular complexity index is 592. The van der Waals surface area contributed by atoms with Gasteiger partial charge in [0.15, 0.2) is 0 Å². The molecule has 0 saturated carbocycles. The van der Waals surface area contributed by atoms with Crippen molar-refractivity contribution < 1.29 is 9.53 Å². The maximum absolute atomic E-state index is 11.7. The molecule has 0 aliphatic carbocycles. The number of hydrogen-bond acceptors (Lipinski definition) is 4. The Morgan fingerprint density at radius 1 is 1.36 bits per heavy atom. The van der Waals surface area contributed by atoms with E-state index < -0.39 is 6.09 Å². The van der Waals surface area contributed by atoms with Gasteiger partial charge in [0.25, 0.3) is 0 Å². The summed E-state index contributed by atoms with van der Waals surface area (Å²) in [5.74, 6) is 0. The molecule has 0 saturated heterocycles. The van der Waals surface area contributed by atoms with E-state index in [0.29, 0.717) is 6.54 Å². The number of benzene rings is 1. The first-order valence-corrected chi connectivity index (χ1v) is 7.02. The molecular formula is C15H19ClN4O2. The van der Waals surface area contributed by atoms with Crippen LogP contribution in [0.5, 0.6) is 0 Å². The van der Waals surface area contributed by atoms with Crippen LogP contribution < -0.4 is 10.6 Å². The fourth-order valence-corrected chi connectivity index (χ4v) is 2.28. The largest absolute Gasteiger partial charge is 0.445 e. The SMILES string of the molecule is Cl.O=C(NCc1cc2n(n1)CCNC2)OCc1ccccc1. The third-order valence-electron chi connectivity index (χ3n) is 3.35. The van der Waals surface area contributed by atoms with Gasteiger partial charge in [-0.3, -0.25) is 4.68 Å². The topological polar surface area (TPSA) is 68.2 Å². The number of nitrogens with zero attached hydrogens (tertiary/aromatic N) is 2. The normalized spacial score (nSPS) is 12.9. The average molecular weight is 323 g/mol. The zero-order valence-corrected chi connectivity index (χ0v) is 12.9. The molecule has 3 rings (SSSR count). The highest BCUT2D eigenvalue weighted by molar-refractivity contribution is 5.85. The predicted octanol–water partition coefficient (Wildman–Crippen LogP) is 1.83. The molecule has 0 bridgehead atoms. The number of fused-ring (bicyclic) bond motifs is 1. The Kier molecular flexibility index (Phi) is 5.80. The second-order valence-corrected chi connectivity index (χ2v) is 4.94. The number of nitrogens with one attached hydrogen (secondary N) is 2. The predicted molar refractivity (Wildman–Crippen MR) is 84.6 cm³/mol. The van der Waals surface area contributed by atoms with Crippen molar-refractivity contribution in [3.8, 4) is 0 Å². The van der Waals surface area contributed by atoms with Gasteiger partial charge in [-0.15, -0.1) is 12.4 Å². The molecule has 1 aliphatic rings. The summed E-state index contributed by atoms with van der Waals surface area (Å²) in [7, 11) is 0. The van der Waals surface area contributed by atoms with Gasteiger partial charge in [0, 0.05) is 13.1 Å². The molecule has 7 heteroatoms. The Labute approximate surface area is 135 Å². The zero-order valence-electron chi connectivity index (χ0n) is 12.1. The van der Waals surface area contributed by atoms with E-state index >= 15 is 0 Å². The quantitative estimate of drug-likeness (QED) is 0.901. The number of aromatic nitrogens is 2. The summed E-state index contributed by atoms with van der Waals surface area (Å²) in [6.07, 6.45) is -0.428. The summed E-state index contributed by atoms with van der Waals surface area (Å²) in [4.78, 5) is 11.7. The Morgan fingerprint density at radius 3 is 2.95 bits per heavy atom. The van der Waals surface area contributed by atoms with Crippen molar-refractivity contribution in [1.29, 1.82) is 0 Å². The van der Waals surface area contributed by atoms with Crippen LogP contribution in [0.3, 0.4) is 0 Å². The first-order chi connectivity index (χ1) is 10.3. The number of amides is 1. The number of alkyl carbamates (subject to hydrolysis) is 1.